The fourth-order valence-corrected chi connectivity index (χ4v) is 2.62. The third kappa shape index (κ3) is 3.03. The number of hydrogen-bond acceptors (Lipinski definition) is 5. The van der Waals surface area contributed by atoms with Crippen LogP contribution in [0.15, 0.2) is 43.0 Å². The highest BCUT2D eigenvalue weighted by Crippen LogP contribution is 2.32. The Labute approximate surface area is 156 Å². The van der Waals surface area contributed by atoms with Crippen LogP contribution in [0, 0.1) is 13.5 Å². The van der Waals surface area contributed by atoms with Crippen molar-refractivity contribution in [3.63, 3.8) is 0 Å². The van der Waals surface area contributed by atoms with E-state index < -0.39 is 11.7 Å². The molecule has 0 radical (unpaired) electrons. The molecule has 0 aliphatic heterocycles. The Balaban J connectivity index is 1.99. The van der Waals surface area contributed by atoms with E-state index in [1.54, 1.807) is 22.9 Å². The summed E-state index contributed by atoms with van der Waals surface area (Å²) in [5, 5.41) is 0. The molecule has 0 aromatic carbocycles. The largest absolute Gasteiger partial charge is 0.417 e. The van der Waals surface area contributed by atoms with Gasteiger partial charge in [-0.25, -0.2) is 9.97 Å². The minimum absolute atomic E-state index is 0.0569. The number of rotatable bonds is 2. The van der Waals surface area contributed by atoms with Gasteiger partial charge in [-0.2, -0.15) is 13.2 Å². The smallest absolute Gasteiger partial charge is 0.359 e. The van der Waals surface area contributed by atoms with Crippen molar-refractivity contribution >= 4 is 17.0 Å². The van der Waals surface area contributed by atoms with E-state index in [4.69, 9.17) is 6.57 Å². The minimum Gasteiger partial charge on any atom is -0.359 e. The second-order valence-electron chi connectivity index (χ2n) is 5.86. The number of nitrogens with zero attached hydrogens (tertiary/aromatic N) is 7. The number of fused-ring (bicyclic) bond motifs is 1. The number of pyridine rings is 2. The first-order valence-electron chi connectivity index (χ1n) is 7.95. The Kier molecular flexibility index (Phi) is 4.00. The SMILES string of the molecule is [C-]#[N+]c1cnc(-c2nc3cc(C(F)(F)F)cnc3n2-c2ccc(C)nc2)cn1. The third-order valence-electron chi connectivity index (χ3n) is 3.96. The van der Waals surface area contributed by atoms with Gasteiger partial charge in [0.15, 0.2) is 11.5 Å². The van der Waals surface area contributed by atoms with Crippen molar-refractivity contribution in [1.82, 2.24) is 29.5 Å². The molecular weight excluding hydrogens is 371 g/mol. The van der Waals surface area contributed by atoms with Gasteiger partial charge in [-0.3, -0.25) is 14.5 Å². The zero-order valence-electron chi connectivity index (χ0n) is 14.3. The maximum absolute atomic E-state index is 13.1. The fraction of sp³-hybridized carbons (Fsp3) is 0.111. The van der Waals surface area contributed by atoms with E-state index in [1.165, 1.54) is 12.4 Å². The zero-order chi connectivity index (χ0) is 19.9. The average molecular weight is 381 g/mol. The summed E-state index contributed by atoms with van der Waals surface area (Å²) in [6, 6.07) is 4.46. The predicted octanol–water partition coefficient (Wildman–Crippen LogP) is 4.15. The van der Waals surface area contributed by atoms with E-state index in [0.717, 1.165) is 18.0 Å². The Morgan fingerprint density at radius 1 is 1.00 bits per heavy atom. The highest BCUT2D eigenvalue weighted by molar-refractivity contribution is 5.79. The van der Waals surface area contributed by atoms with E-state index in [0.29, 0.717) is 11.4 Å². The molecule has 7 nitrogen and oxygen atoms in total. The lowest BCUT2D eigenvalue weighted by Gasteiger charge is -2.08. The van der Waals surface area contributed by atoms with Gasteiger partial charge in [0.1, 0.15) is 17.4 Å². The van der Waals surface area contributed by atoms with Gasteiger partial charge in [-0.1, -0.05) is 6.57 Å². The van der Waals surface area contributed by atoms with Crippen LogP contribution in [-0.4, -0.2) is 29.5 Å². The number of alkyl halides is 3. The molecule has 0 aliphatic rings. The van der Waals surface area contributed by atoms with Gasteiger partial charge in [0.25, 0.3) is 5.82 Å². The van der Waals surface area contributed by atoms with Gasteiger partial charge in [0.05, 0.1) is 23.6 Å². The predicted molar refractivity (Wildman–Crippen MR) is 93.7 cm³/mol. The van der Waals surface area contributed by atoms with Crippen LogP contribution in [0.25, 0.3) is 33.2 Å². The minimum atomic E-state index is -4.53. The highest BCUT2D eigenvalue weighted by Gasteiger charge is 2.32. The van der Waals surface area contributed by atoms with Gasteiger partial charge >= 0.3 is 6.18 Å². The summed E-state index contributed by atoms with van der Waals surface area (Å²) in [6.45, 7) is 8.78. The molecule has 4 heterocycles. The summed E-state index contributed by atoms with van der Waals surface area (Å²) in [4.78, 5) is 23.8. The molecule has 0 amide bonds. The summed E-state index contributed by atoms with van der Waals surface area (Å²) in [7, 11) is 0. The summed E-state index contributed by atoms with van der Waals surface area (Å²) in [6.07, 6.45) is 0.416. The maximum Gasteiger partial charge on any atom is 0.417 e. The van der Waals surface area contributed by atoms with Crippen molar-refractivity contribution in [2.75, 3.05) is 0 Å². The molecule has 28 heavy (non-hydrogen) atoms. The van der Waals surface area contributed by atoms with Crippen LogP contribution >= 0.6 is 0 Å². The molecule has 4 rings (SSSR count). The van der Waals surface area contributed by atoms with Gasteiger partial charge in [-0.15, -0.1) is 4.98 Å². The number of imidazole rings is 1. The van der Waals surface area contributed by atoms with Crippen LogP contribution in [-0.2, 0) is 6.18 Å². The van der Waals surface area contributed by atoms with Crippen LogP contribution < -0.4 is 0 Å². The topological polar surface area (TPSA) is 73.7 Å². The molecule has 0 N–H and O–H groups in total. The molecule has 4 aromatic rings. The van der Waals surface area contributed by atoms with Crippen LogP contribution in [0.3, 0.4) is 0 Å². The maximum atomic E-state index is 13.1. The van der Waals surface area contributed by atoms with Crippen molar-refractivity contribution in [1.29, 1.82) is 0 Å². The standard InChI is InChI=1S/C18H10F3N7/c1-10-3-4-12(7-23-10)28-16-13(5-11(6-26-16)18(19,20)21)27-17(28)14-8-25-15(22-2)9-24-14/h3-9H,1H3. The van der Waals surface area contributed by atoms with E-state index >= 15 is 0 Å². The van der Waals surface area contributed by atoms with Gasteiger partial charge < -0.3 is 4.85 Å². The molecule has 4 aromatic heterocycles. The van der Waals surface area contributed by atoms with E-state index in [9.17, 15) is 13.2 Å². The Morgan fingerprint density at radius 3 is 2.43 bits per heavy atom. The summed E-state index contributed by atoms with van der Waals surface area (Å²) in [5.74, 6) is 0.345. The number of aromatic nitrogens is 6. The number of hydrogen-bond donors (Lipinski definition) is 0. The molecule has 10 heteroatoms. The van der Waals surface area contributed by atoms with E-state index in [1.807, 2.05) is 6.92 Å². The Bertz CT molecular complexity index is 1200. The molecule has 0 saturated heterocycles. The quantitative estimate of drug-likeness (QED) is 0.488. The van der Waals surface area contributed by atoms with Gasteiger partial charge in [-0.05, 0) is 25.1 Å². The second-order valence-corrected chi connectivity index (χ2v) is 5.86. The van der Waals surface area contributed by atoms with E-state index in [2.05, 4.69) is 29.8 Å². The third-order valence-corrected chi connectivity index (χ3v) is 3.96. The van der Waals surface area contributed by atoms with Gasteiger partial charge in [0.2, 0.25) is 0 Å². The second kappa shape index (κ2) is 6.38. The van der Waals surface area contributed by atoms with Crippen LogP contribution in [0.5, 0.6) is 0 Å². The van der Waals surface area contributed by atoms with Crippen LogP contribution in [0.1, 0.15) is 11.3 Å². The van der Waals surface area contributed by atoms with Crippen molar-refractivity contribution in [3.05, 3.63) is 65.7 Å². The van der Waals surface area contributed by atoms with Crippen molar-refractivity contribution in [3.8, 4) is 17.2 Å². The monoisotopic (exact) mass is 381 g/mol. The summed E-state index contributed by atoms with van der Waals surface area (Å²) in [5.41, 5.74) is 1.02. The Morgan fingerprint density at radius 2 is 1.82 bits per heavy atom. The number of halogens is 3. The zero-order valence-corrected chi connectivity index (χ0v) is 14.3. The first-order chi connectivity index (χ1) is 13.4. The molecule has 0 bridgehead atoms. The van der Waals surface area contributed by atoms with Crippen LogP contribution in [0.4, 0.5) is 19.0 Å². The summed E-state index contributed by atoms with van der Waals surface area (Å²) < 4.78 is 40.7. The Hall–Kier alpha value is -3.87. The lowest BCUT2D eigenvalue weighted by Crippen LogP contribution is -2.06. The van der Waals surface area contributed by atoms with Crippen LogP contribution in [0.2, 0.25) is 0 Å². The molecule has 0 aliphatic carbocycles. The lowest BCUT2D eigenvalue weighted by atomic mass is 10.2. The molecule has 0 spiro atoms. The summed E-state index contributed by atoms with van der Waals surface area (Å²) >= 11 is 0. The molecule has 0 unspecified atom stereocenters. The molecule has 0 atom stereocenters. The van der Waals surface area contributed by atoms with E-state index in [-0.39, 0.29) is 22.8 Å². The average Bonchev–Trinajstić information content (AvgIpc) is 3.07. The molecular formula is C18H10F3N7. The molecule has 0 fully saturated rings. The first-order valence-corrected chi connectivity index (χ1v) is 7.95. The number of aryl methyl sites for hydroxylation is 1. The normalized spacial score (nSPS) is 11.5. The van der Waals surface area contributed by atoms with Crippen molar-refractivity contribution < 1.29 is 13.2 Å². The fourth-order valence-electron chi connectivity index (χ4n) is 2.62. The van der Waals surface area contributed by atoms with Crippen molar-refractivity contribution in [2.24, 2.45) is 0 Å². The first kappa shape index (κ1) is 17.5. The molecule has 0 saturated carbocycles. The highest BCUT2D eigenvalue weighted by atomic mass is 19.4. The molecule has 138 valence electrons. The van der Waals surface area contributed by atoms with Gasteiger partial charge in [0, 0.05) is 11.9 Å². The van der Waals surface area contributed by atoms with Crippen molar-refractivity contribution in [2.45, 2.75) is 13.1 Å². The lowest BCUT2D eigenvalue weighted by molar-refractivity contribution is -0.137.